The minimum absolute atomic E-state index is 0.341. The lowest BCUT2D eigenvalue weighted by Gasteiger charge is -2.09. The van der Waals surface area contributed by atoms with Gasteiger partial charge in [0, 0.05) is 31.5 Å². The molecule has 3 N–H and O–H groups in total. The Bertz CT molecular complexity index is 646. The van der Waals surface area contributed by atoms with E-state index in [0.29, 0.717) is 40.9 Å². The smallest absolute Gasteiger partial charge is 0.312 e. The van der Waals surface area contributed by atoms with Crippen LogP contribution < -0.4 is 11.1 Å². The minimum Gasteiger partial charge on any atom is -0.352 e. The first-order chi connectivity index (χ1) is 9.52. The number of hydrogen-bond donors (Lipinski definition) is 2. The van der Waals surface area contributed by atoms with Crippen LogP contribution in [-0.4, -0.2) is 28.0 Å². The number of primary amides is 1. The van der Waals surface area contributed by atoms with Gasteiger partial charge in [-0.3, -0.25) is 0 Å². The Morgan fingerprint density at radius 2 is 2.30 bits per heavy atom. The second-order valence-electron chi connectivity index (χ2n) is 4.16. The van der Waals surface area contributed by atoms with Crippen LogP contribution in [0.3, 0.4) is 0 Å². The fourth-order valence-corrected chi connectivity index (χ4v) is 2.49. The van der Waals surface area contributed by atoms with Crippen molar-refractivity contribution in [1.29, 1.82) is 0 Å². The first-order valence-corrected chi connectivity index (χ1v) is 7.29. The maximum atomic E-state index is 13.7. The van der Waals surface area contributed by atoms with Crippen molar-refractivity contribution in [2.24, 2.45) is 5.73 Å². The Morgan fingerprint density at radius 1 is 1.55 bits per heavy atom. The lowest BCUT2D eigenvalue weighted by molar-refractivity contribution is 0.248. The van der Waals surface area contributed by atoms with Crippen molar-refractivity contribution >= 4 is 44.6 Å². The summed E-state index contributed by atoms with van der Waals surface area (Å²) in [5.41, 5.74) is 6.37. The number of alkyl halides is 1. The number of benzene rings is 1. The van der Waals surface area contributed by atoms with E-state index < -0.39 is 6.03 Å². The van der Waals surface area contributed by atoms with Gasteiger partial charge in [0.05, 0.1) is 15.5 Å². The van der Waals surface area contributed by atoms with Crippen LogP contribution in [0, 0.1) is 5.82 Å². The second-order valence-corrected chi connectivity index (χ2v) is 5.40. The third-order valence-corrected chi connectivity index (χ3v) is 3.62. The van der Waals surface area contributed by atoms with E-state index in [0.717, 1.165) is 5.82 Å². The monoisotopic (exact) mass is 362 g/mol. The highest BCUT2D eigenvalue weighted by Crippen LogP contribution is 2.24. The average Bonchev–Trinajstić information content (AvgIpc) is 2.68. The van der Waals surface area contributed by atoms with Gasteiger partial charge >= 0.3 is 6.03 Å². The maximum absolute atomic E-state index is 13.7. The molecule has 8 heteroatoms. The number of rotatable bonds is 5. The summed E-state index contributed by atoms with van der Waals surface area (Å²) in [6.07, 6.45) is 0.562. The van der Waals surface area contributed by atoms with Crippen LogP contribution in [0.5, 0.6) is 0 Å². The molecular weight excluding hydrogens is 351 g/mol. The number of nitrogens with zero attached hydrogens (tertiary/aromatic N) is 2. The summed E-state index contributed by atoms with van der Waals surface area (Å²) < 4.78 is 15.9. The molecule has 0 aliphatic rings. The number of urea groups is 1. The molecule has 108 valence electrons. The van der Waals surface area contributed by atoms with Gasteiger partial charge in [0.1, 0.15) is 11.6 Å². The molecule has 0 saturated carbocycles. The van der Waals surface area contributed by atoms with Gasteiger partial charge in [-0.2, -0.15) is 0 Å². The zero-order valence-corrected chi connectivity index (χ0v) is 12.8. The van der Waals surface area contributed by atoms with Gasteiger partial charge in [0.2, 0.25) is 0 Å². The van der Waals surface area contributed by atoms with E-state index in [1.807, 2.05) is 4.57 Å². The Morgan fingerprint density at radius 3 is 2.95 bits per heavy atom. The van der Waals surface area contributed by atoms with E-state index in [-0.39, 0.29) is 5.82 Å². The highest BCUT2D eigenvalue weighted by molar-refractivity contribution is 9.10. The van der Waals surface area contributed by atoms with Crippen molar-refractivity contribution in [3.05, 3.63) is 28.2 Å². The van der Waals surface area contributed by atoms with Crippen LogP contribution in [-0.2, 0) is 13.0 Å². The van der Waals surface area contributed by atoms with Gasteiger partial charge in [0.25, 0.3) is 0 Å². The molecule has 20 heavy (non-hydrogen) atoms. The zero-order chi connectivity index (χ0) is 14.7. The fourth-order valence-electron chi connectivity index (χ4n) is 1.99. The summed E-state index contributed by atoms with van der Waals surface area (Å²) >= 11 is 8.89. The predicted octanol–water partition coefficient (Wildman–Crippen LogP) is 2.39. The van der Waals surface area contributed by atoms with Crippen molar-refractivity contribution in [1.82, 2.24) is 14.9 Å². The van der Waals surface area contributed by atoms with Crippen molar-refractivity contribution < 1.29 is 9.18 Å². The number of carbonyl (C=O) groups is 1. The Hall–Kier alpha value is -1.34. The van der Waals surface area contributed by atoms with E-state index in [9.17, 15) is 9.18 Å². The van der Waals surface area contributed by atoms with Crippen LogP contribution in [0.4, 0.5) is 9.18 Å². The van der Waals surface area contributed by atoms with E-state index in [1.165, 1.54) is 6.07 Å². The van der Waals surface area contributed by atoms with Crippen LogP contribution in [0.2, 0.25) is 0 Å². The third-order valence-electron chi connectivity index (χ3n) is 2.82. The van der Waals surface area contributed by atoms with Crippen molar-refractivity contribution in [3.63, 3.8) is 0 Å². The number of amides is 2. The van der Waals surface area contributed by atoms with Crippen molar-refractivity contribution in [2.45, 2.75) is 13.0 Å². The van der Waals surface area contributed by atoms with Crippen LogP contribution in [0.25, 0.3) is 11.0 Å². The number of aromatic nitrogens is 2. The standard InChI is InChI=1S/C12H13BrClFN4O/c13-7-5-9-10(6-8(7)15)19(4-3-17-12(16)20)11(18-9)1-2-14/h5-6H,1-4H2,(H3,16,17,20). The van der Waals surface area contributed by atoms with Crippen molar-refractivity contribution in [3.8, 4) is 0 Å². The predicted molar refractivity (Wildman–Crippen MR) is 79.4 cm³/mol. The second kappa shape index (κ2) is 6.41. The number of aryl methyl sites for hydroxylation is 1. The molecule has 0 aliphatic heterocycles. The average molecular weight is 364 g/mol. The normalized spacial score (nSPS) is 10.9. The summed E-state index contributed by atoms with van der Waals surface area (Å²) in [7, 11) is 0. The van der Waals surface area contributed by atoms with Gasteiger partial charge in [0.15, 0.2) is 0 Å². The molecule has 0 bridgehead atoms. The zero-order valence-electron chi connectivity index (χ0n) is 10.5. The van der Waals surface area contributed by atoms with Crippen LogP contribution in [0.1, 0.15) is 5.82 Å². The molecule has 1 aromatic heterocycles. The van der Waals surface area contributed by atoms with Crippen LogP contribution in [0.15, 0.2) is 16.6 Å². The molecule has 2 aromatic rings. The van der Waals surface area contributed by atoms with Crippen LogP contribution >= 0.6 is 27.5 Å². The number of hydrogen-bond acceptors (Lipinski definition) is 2. The number of halogens is 3. The highest BCUT2D eigenvalue weighted by atomic mass is 79.9. The maximum Gasteiger partial charge on any atom is 0.312 e. The summed E-state index contributed by atoms with van der Waals surface area (Å²) in [5.74, 6) is 0.800. The topological polar surface area (TPSA) is 72.9 Å². The summed E-state index contributed by atoms with van der Waals surface area (Å²) in [6.45, 7) is 0.792. The summed E-state index contributed by atoms with van der Waals surface area (Å²) in [5, 5.41) is 2.50. The molecule has 5 nitrogen and oxygen atoms in total. The molecular formula is C12H13BrClFN4O. The number of carbonyl (C=O) groups excluding carboxylic acids is 1. The SMILES string of the molecule is NC(=O)NCCn1c(CCCl)nc2cc(Br)c(F)cc21. The quantitative estimate of drug-likeness (QED) is 0.801. The largest absolute Gasteiger partial charge is 0.352 e. The number of nitrogens with two attached hydrogens (primary N) is 1. The Labute approximate surface area is 128 Å². The molecule has 0 spiro atoms. The van der Waals surface area contributed by atoms with E-state index >= 15 is 0 Å². The van der Waals surface area contributed by atoms with Gasteiger partial charge < -0.3 is 15.6 Å². The number of nitrogens with one attached hydrogen (secondary N) is 1. The Kier molecular flexibility index (Phi) is 4.82. The summed E-state index contributed by atoms with van der Waals surface area (Å²) in [4.78, 5) is 15.1. The number of imidazole rings is 1. The lowest BCUT2D eigenvalue weighted by atomic mass is 10.3. The molecule has 0 atom stereocenters. The first kappa shape index (κ1) is 15.1. The minimum atomic E-state index is -0.595. The molecule has 1 aromatic carbocycles. The molecule has 2 amide bonds. The molecule has 1 heterocycles. The van der Waals surface area contributed by atoms with Gasteiger partial charge in [-0.25, -0.2) is 14.2 Å². The van der Waals surface area contributed by atoms with Crippen molar-refractivity contribution in [2.75, 3.05) is 12.4 Å². The molecule has 0 fully saturated rings. The molecule has 2 rings (SSSR count). The van der Waals surface area contributed by atoms with Gasteiger partial charge in [-0.15, -0.1) is 11.6 Å². The lowest BCUT2D eigenvalue weighted by Crippen LogP contribution is -2.32. The van der Waals surface area contributed by atoms with Gasteiger partial charge in [-0.05, 0) is 22.0 Å². The van der Waals surface area contributed by atoms with E-state index in [1.54, 1.807) is 6.07 Å². The molecule has 0 saturated heterocycles. The highest BCUT2D eigenvalue weighted by Gasteiger charge is 2.13. The molecule has 0 unspecified atom stereocenters. The Balaban J connectivity index is 2.39. The summed E-state index contributed by atoms with van der Waals surface area (Å²) in [6, 6.07) is 2.44. The molecule has 0 aliphatic carbocycles. The van der Waals surface area contributed by atoms with E-state index in [2.05, 4.69) is 26.2 Å². The van der Waals surface area contributed by atoms with E-state index in [4.69, 9.17) is 17.3 Å². The van der Waals surface area contributed by atoms with Gasteiger partial charge in [-0.1, -0.05) is 0 Å². The fraction of sp³-hybridized carbons (Fsp3) is 0.333. The third kappa shape index (κ3) is 3.21. The number of fused-ring (bicyclic) bond motifs is 1. The first-order valence-electron chi connectivity index (χ1n) is 5.96. The molecule has 0 radical (unpaired) electrons.